The summed E-state index contributed by atoms with van der Waals surface area (Å²) < 4.78 is 33.2. The van der Waals surface area contributed by atoms with E-state index in [4.69, 9.17) is 9.90 Å². The van der Waals surface area contributed by atoms with E-state index in [9.17, 15) is 22.8 Å². The molecule has 31 heavy (non-hydrogen) atoms. The molecular formula is C19H22F3N5O4. The zero-order valence-electron chi connectivity index (χ0n) is 16.7. The highest BCUT2D eigenvalue weighted by atomic mass is 19.4. The Balaban J connectivity index is 0.000000423. The van der Waals surface area contributed by atoms with Crippen LogP contribution >= 0.6 is 0 Å². The fourth-order valence-corrected chi connectivity index (χ4v) is 2.77. The van der Waals surface area contributed by atoms with E-state index in [1.807, 2.05) is 23.1 Å². The number of hydrogen-bond acceptors (Lipinski definition) is 6. The van der Waals surface area contributed by atoms with Gasteiger partial charge in [-0.2, -0.15) is 13.2 Å². The van der Waals surface area contributed by atoms with Crippen LogP contribution in [0.25, 0.3) is 0 Å². The summed E-state index contributed by atoms with van der Waals surface area (Å²) in [6.45, 7) is 5.60. The third-order valence-corrected chi connectivity index (χ3v) is 4.41. The second-order valence-corrected chi connectivity index (χ2v) is 6.80. The predicted molar refractivity (Wildman–Crippen MR) is 102 cm³/mol. The van der Waals surface area contributed by atoms with Crippen LogP contribution in [0.4, 0.5) is 13.2 Å². The minimum Gasteiger partial charge on any atom is -0.475 e. The Kier molecular flexibility index (Phi) is 8.25. The van der Waals surface area contributed by atoms with Crippen molar-refractivity contribution in [3.05, 3.63) is 47.8 Å². The van der Waals surface area contributed by atoms with Crippen molar-refractivity contribution in [2.24, 2.45) is 0 Å². The van der Waals surface area contributed by atoms with Gasteiger partial charge in [0.15, 0.2) is 5.78 Å². The number of Topliss-reactive ketones (excluding diaryl/α,β-unsaturated/α-hetero) is 1. The fourth-order valence-electron chi connectivity index (χ4n) is 2.77. The molecule has 9 nitrogen and oxygen atoms in total. The van der Waals surface area contributed by atoms with Crippen LogP contribution < -0.4 is 0 Å². The summed E-state index contributed by atoms with van der Waals surface area (Å²) in [6.07, 6.45) is -3.56. The molecule has 0 unspecified atom stereocenters. The Morgan fingerprint density at radius 1 is 1.06 bits per heavy atom. The summed E-state index contributed by atoms with van der Waals surface area (Å²) in [6, 6.07) is 10.3. The molecule has 2 aromatic rings. The highest BCUT2D eigenvalue weighted by Gasteiger charge is 2.38. The molecule has 2 heterocycles. The van der Waals surface area contributed by atoms with Gasteiger partial charge in [0.1, 0.15) is 12.2 Å². The molecule has 1 saturated heterocycles. The van der Waals surface area contributed by atoms with Gasteiger partial charge in [0.25, 0.3) is 0 Å². The first-order valence-electron chi connectivity index (χ1n) is 9.31. The number of benzene rings is 1. The number of carbonyl (C=O) groups is 3. The highest BCUT2D eigenvalue weighted by molar-refractivity contribution is 5.91. The Bertz CT molecular complexity index is 893. The second-order valence-electron chi connectivity index (χ2n) is 6.80. The van der Waals surface area contributed by atoms with Crippen molar-refractivity contribution in [1.29, 1.82) is 0 Å². The molecule has 0 atom stereocenters. The lowest BCUT2D eigenvalue weighted by atomic mass is 10.2. The molecule has 1 aliphatic heterocycles. The van der Waals surface area contributed by atoms with E-state index in [1.54, 1.807) is 0 Å². The smallest absolute Gasteiger partial charge is 0.475 e. The van der Waals surface area contributed by atoms with Gasteiger partial charge in [-0.25, -0.2) is 9.48 Å². The lowest BCUT2D eigenvalue weighted by Gasteiger charge is -2.34. The number of carboxylic acids is 1. The molecule has 0 bridgehead atoms. The maximum Gasteiger partial charge on any atom is 0.490 e. The molecule has 1 N–H and O–H groups in total. The number of piperazine rings is 1. The van der Waals surface area contributed by atoms with Crippen LogP contribution in [0.1, 0.15) is 23.0 Å². The molecule has 0 radical (unpaired) electrons. The number of ketones is 1. The lowest BCUT2D eigenvalue weighted by Crippen LogP contribution is -2.49. The summed E-state index contributed by atoms with van der Waals surface area (Å²) in [5.41, 5.74) is 1.58. The lowest BCUT2D eigenvalue weighted by molar-refractivity contribution is -0.192. The standard InChI is InChI=1S/C17H21N5O2.C2HF3O2/c1-14(23)16-12-22(19-18-16)13-17(24)21-9-7-20(8-10-21)11-15-5-3-2-4-6-15;3-2(4,5)1(6)7/h2-6,12H,7-11,13H2,1H3;(H,6,7). The molecule has 0 saturated carbocycles. The summed E-state index contributed by atoms with van der Waals surface area (Å²) >= 11 is 0. The first-order valence-corrected chi connectivity index (χ1v) is 9.31. The zero-order valence-corrected chi connectivity index (χ0v) is 16.7. The Hall–Kier alpha value is -3.28. The van der Waals surface area contributed by atoms with E-state index in [2.05, 4.69) is 27.3 Å². The molecule has 0 spiro atoms. The molecule has 12 heteroatoms. The Morgan fingerprint density at radius 3 is 2.13 bits per heavy atom. The van der Waals surface area contributed by atoms with Crippen LogP contribution in [0.5, 0.6) is 0 Å². The van der Waals surface area contributed by atoms with Gasteiger partial charge >= 0.3 is 12.1 Å². The van der Waals surface area contributed by atoms with Crippen LogP contribution in [-0.2, 0) is 22.7 Å². The molecule has 168 valence electrons. The molecule has 1 aromatic carbocycles. The fraction of sp³-hybridized carbons (Fsp3) is 0.421. The Labute approximate surface area is 176 Å². The van der Waals surface area contributed by atoms with Crippen molar-refractivity contribution in [1.82, 2.24) is 24.8 Å². The number of amides is 1. The van der Waals surface area contributed by atoms with Gasteiger partial charge in [0, 0.05) is 39.6 Å². The summed E-state index contributed by atoms with van der Waals surface area (Å²) in [5, 5.41) is 14.7. The number of hydrogen-bond donors (Lipinski definition) is 1. The molecule has 1 amide bonds. The van der Waals surface area contributed by atoms with Gasteiger partial charge in [-0.3, -0.25) is 14.5 Å². The third kappa shape index (κ3) is 7.81. The highest BCUT2D eigenvalue weighted by Crippen LogP contribution is 2.13. The number of halogens is 3. The molecule has 1 aromatic heterocycles. The van der Waals surface area contributed by atoms with E-state index in [0.717, 1.165) is 19.6 Å². The topological polar surface area (TPSA) is 109 Å². The number of carboxylic acid groups (broad SMARTS) is 1. The van der Waals surface area contributed by atoms with Gasteiger partial charge in [0.2, 0.25) is 5.91 Å². The van der Waals surface area contributed by atoms with E-state index in [0.29, 0.717) is 13.1 Å². The van der Waals surface area contributed by atoms with E-state index in [1.165, 1.54) is 23.4 Å². The number of carbonyl (C=O) groups excluding carboxylic acids is 2. The van der Waals surface area contributed by atoms with Crippen molar-refractivity contribution in [2.45, 2.75) is 26.2 Å². The first kappa shape index (κ1) is 24.0. The predicted octanol–water partition coefficient (Wildman–Crippen LogP) is 1.46. The zero-order chi connectivity index (χ0) is 23.0. The quantitative estimate of drug-likeness (QED) is 0.700. The molecule has 0 aliphatic carbocycles. The van der Waals surface area contributed by atoms with Gasteiger partial charge in [0.05, 0.1) is 6.20 Å². The van der Waals surface area contributed by atoms with Crippen LogP contribution in [-0.4, -0.2) is 79.9 Å². The normalized spacial score (nSPS) is 14.5. The first-order chi connectivity index (χ1) is 14.6. The monoisotopic (exact) mass is 441 g/mol. The minimum absolute atomic E-state index is 0.00867. The second kappa shape index (κ2) is 10.7. The summed E-state index contributed by atoms with van der Waals surface area (Å²) in [4.78, 5) is 36.7. The van der Waals surface area contributed by atoms with Crippen LogP contribution in [0, 0.1) is 0 Å². The number of rotatable bonds is 5. The van der Waals surface area contributed by atoms with Gasteiger partial charge in [-0.15, -0.1) is 5.10 Å². The summed E-state index contributed by atoms with van der Waals surface area (Å²) in [7, 11) is 0. The third-order valence-electron chi connectivity index (χ3n) is 4.41. The minimum atomic E-state index is -5.08. The van der Waals surface area contributed by atoms with Crippen molar-refractivity contribution >= 4 is 17.7 Å². The van der Waals surface area contributed by atoms with E-state index < -0.39 is 12.1 Å². The van der Waals surface area contributed by atoms with Gasteiger partial charge < -0.3 is 10.0 Å². The SMILES string of the molecule is CC(=O)c1cn(CC(=O)N2CCN(Cc3ccccc3)CC2)nn1.O=C(O)C(F)(F)F. The summed E-state index contributed by atoms with van der Waals surface area (Å²) in [5.74, 6) is -2.90. The molecule has 1 fully saturated rings. The van der Waals surface area contributed by atoms with Crippen molar-refractivity contribution in [2.75, 3.05) is 26.2 Å². The number of aromatic nitrogens is 3. The maximum atomic E-state index is 12.3. The largest absolute Gasteiger partial charge is 0.490 e. The van der Waals surface area contributed by atoms with E-state index >= 15 is 0 Å². The number of nitrogens with zero attached hydrogens (tertiary/aromatic N) is 5. The van der Waals surface area contributed by atoms with Crippen LogP contribution in [0.2, 0.25) is 0 Å². The number of aliphatic carboxylic acids is 1. The number of alkyl halides is 3. The maximum absolute atomic E-state index is 12.3. The average molecular weight is 441 g/mol. The van der Waals surface area contributed by atoms with Crippen LogP contribution in [0.15, 0.2) is 36.5 Å². The van der Waals surface area contributed by atoms with Gasteiger partial charge in [-0.1, -0.05) is 35.5 Å². The van der Waals surface area contributed by atoms with Crippen molar-refractivity contribution in [3.63, 3.8) is 0 Å². The van der Waals surface area contributed by atoms with Crippen molar-refractivity contribution < 1.29 is 32.7 Å². The van der Waals surface area contributed by atoms with Crippen molar-refractivity contribution in [3.8, 4) is 0 Å². The molecule has 1 aliphatic rings. The Morgan fingerprint density at radius 2 is 1.65 bits per heavy atom. The van der Waals surface area contributed by atoms with Crippen LogP contribution in [0.3, 0.4) is 0 Å². The molecular weight excluding hydrogens is 419 g/mol. The van der Waals surface area contributed by atoms with Gasteiger partial charge in [-0.05, 0) is 5.56 Å². The van der Waals surface area contributed by atoms with E-state index in [-0.39, 0.29) is 23.9 Å². The molecule has 3 rings (SSSR count). The average Bonchev–Trinajstić information content (AvgIpc) is 3.18.